The van der Waals surface area contributed by atoms with Gasteiger partial charge in [-0.05, 0) is 17.7 Å². The summed E-state index contributed by atoms with van der Waals surface area (Å²) in [5.41, 5.74) is 6.39. The van der Waals surface area contributed by atoms with Crippen LogP contribution in [0.25, 0.3) is 0 Å². The van der Waals surface area contributed by atoms with Crippen LogP contribution in [-0.4, -0.2) is 19.9 Å². The van der Waals surface area contributed by atoms with Gasteiger partial charge in [-0.1, -0.05) is 6.07 Å². The van der Waals surface area contributed by atoms with Crippen LogP contribution in [0.5, 0.6) is 11.5 Å². The molecule has 76 valence electrons. The van der Waals surface area contributed by atoms with Crippen LogP contribution in [0.15, 0.2) is 18.2 Å². The highest BCUT2D eigenvalue weighted by atomic mass is 16.7. The molecule has 0 atom stereocenters. The van der Waals surface area contributed by atoms with Crippen molar-refractivity contribution in [2.45, 2.75) is 6.61 Å². The topological polar surface area (TPSA) is 53.7 Å². The molecule has 4 nitrogen and oxygen atoms in total. The summed E-state index contributed by atoms with van der Waals surface area (Å²) in [4.78, 5) is 0. The summed E-state index contributed by atoms with van der Waals surface area (Å²) in [6.45, 7) is 2.00. The highest BCUT2D eigenvalue weighted by Crippen LogP contribution is 2.32. The van der Waals surface area contributed by atoms with Crippen molar-refractivity contribution in [3.8, 4) is 11.5 Å². The standard InChI is InChI=1S/C10H13NO3/c11-3-4-12-6-8-1-2-9-10(5-8)14-7-13-9/h1-2,5H,3-4,6-7,11H2. The lowest BCUT2D eigenvalue weighted by atomic mass is 10.2. The van der Waals surface area contributed by atoms with Crippen molar-refractivity contribution in [2.75, 3.05) is 19.9 Å². The lowest BCUT2D eigenvalue weighted by Crippen LogP contribution is -2.08. The van der Waals surface area contributed by atoms with Crippen LogP contribution in [0.1, 0.15) is 5.56 Å². The molecule has 0 radical (unpaired) electrons. The molecule has 0 aromatic heterocycles. The summed E-state index contributed by atoms with van der Waals surface area (Å²) in [6.07, 6.45) is 0. The second-order valence-electron chi connectivity index (χ2n) is 3.03. The summed E-state index contributed by atoms with van der Waals surface area (Å²) >= 11 is 0. The monoisotopic (exact) mass is 195 g/mol. The van der Waals surface area contributed by atoms with Crippen molar-refractivity contribution >= 4 is 0 Å². The molecule has 1 aromatic carbocycles. The van der Waals surface area contributed by atoms with Crippen LogP contribution in [0.2, 0.25) is 0 Å². The molecule has 0 bridgehead atoms. The fourth-order valence-corrected chi connectivity index (χ4v) is 1.30. The van der Waals surface area contributed by atoms with Gasteiger partial charge in [0.15, 0.2) is 11.5 Å². The highest BCUT2D eigenvalue weighted by molar-refractivity contribution is 5.44. The molecule has 2 rings (SSSR count). The van der Waals surface area contributed by atoms with Crippen molar-refractivity contribution in [2.24, 2.45) is 5.73 Å². The first-order valence-electron chi connectivity index (χ1n) is 4.56. The number of nitrogens with two attached hydrogens (primary N) is 1. The number of benzene rings is 1. The molecule has 0 fully saturated rings. The van der Waals surface area contributed by atoms with Crippen molar-refractivity contribution < 1.29 is 14.2 Å². The molecule has 0 aliphatic carbocycles. The average Bonchev–Trinajstić information content (AvgIpc) is 2.65. The minimum absolute atomic E-state index is 0.308. The van der Waals surface area contributed by atoms with E-state index in [0.717, 1.165) is 17.1 Å². The van der Waals surface area contributed by atoms with Crippen LogP contribution in [0.3, 0.4) is 0 Å². The minimum Gasteiger partial charge on any atom is -0.454 e. The van der Waals surface area contributed by atoms with Gasteiger partial charge >= 0.3 is 0 Å². The first-order valence-corrected chi connectivity index (χ1v) is 4.56. The van der Waals surface area contributed by atoms with Gasteiger partial charge in [0.1, 0.15) is 0 Å². The maximum absolute atomic E-state index is 5.31. The molecule has 0 saturated carbocycles. The number of rotatable bonds is 4. The summed E-state index contributed by atoms with van der Waals surface area (Å²) in [5.74, 6) is 1.59. The van der Waals surface area contributed by atoms with E-state index in [1.807, 2.05) is 18.2 Å². The van der Waals surface area contributed by atoms with E-state index < -0.39 is 0 Å². The van der Waals surface area contributed by atoms with Gasteiger partial charge in [-0.2, -0.15) is 0 Å². The Balaban J connectivity index is 1.98. The van der Waals surface area contributed by atoms with E-state index in [0.29, 0.717) is 26.6 Å². The van der Waals surface area contributed by atoms with Gasteiger partial charge in [0.25, 0.3) is 0 Å². The van der Waals surface area contributed by atoms with E-state index in [1.54, 1.807) is 0 Å². The molecule has 1 aliphatic heterocycles. The Morgan fingerprint density at radius 1 is 1.29 bits per heavy atom. The normalized spacial score (nSPS) is 13.2. The number of hydrogen-bond donors (Lipinski definition) is 1. The molecule has 14 heavy (non-hydrogen) atoms. The third-order valence-electron chi connectivity index (χ3n) is 1.97. The Morgan fingerprint density at radius 3 is 3.00 bits per heavy atom. The molecule has 0 spiro atoms. The molecular weight excluding hydrogens is 182 g/mol. The Labute approximate surface area is 82.6 Å². The van der Waals surface area contributed by atoms with Gasteiger partial charge in [0, 0.05) is 6.54 Å². The van der Waals surface area contributed by atoms with Gasteiger partial charge < -0.3 is 19.9 Å². The van der Waals surface area contributed by atoms with Crippen molar-refractivity contribution in [1.82, 2.24) is 0 Å². The summed E-state index contributed by atoms with van der Waals surface area (Å²) < 4.78 is 15.7. The molecule has 1 heterocycles. The SMILES string of the molecule is NCCOCc1ccc2c(c1)OCO2. The third-order valence-corrected chi connectivity index (χ3v) is 1.97. The van der Waals surface area contributed by atoms with Gasteiger partial charge in [0.05, 0.1) is 13.2 Å². The fraction of sp³-hybridized carbons (Fsp3) is 0.400. The number of fused-ring (bicyclic) bond motifs is 1. The largest absolute Gasteiger partial charge is 0.454 e. The van der Waals surface area contributed by atoms with E-state index in [9.17, 15) is 0 Å². The van der Waals surface area contributed by atoms with Crippen molar-refractivity contribution in [1.29, 1.82) is 0 Å². The molecule has 1 aromatic rings. The van der Waals surface area contributed by atoms with E-state index in [-0.39, 0.29) is 0 Å². The first-order chi connectivity index (χ1) is 6.90. The maximum atomic E-state index is 5.31. The highest BCUT2D eigenvalue weighted by Gasteiger charge is 2.12. The molecule has 1 aliphatic rings. The average molecular weight is 195 g/mol. The van der Waals surface area contributed by atoms with E-state index >= 15 is 0 Å². The zero-order valence-corrected chi connectivity index (χ0v) is 7.86. The maximum Gasteiger partial charge on any atom is 0.231 e. The fourth-order valence-electron chi connectivity index (χ4n) is 1.30. The van der Waals surface area contributed by atoms with Crippen LogP contribution < -0.4 is 15.2 Å². The van der Waals surface area contributed by atoms with Crippen molar-refractivity contribution in [3.05, 3.63) is 23.8 Å². The van der Waals surface area contributed by atoms with Gasteiger partial charge in [-0.25, -0.2) is 0 Å². The molecule has 0 saturated heterocycles. The van der Waals surface area contributed by atoms with Crippen LogP contribution in [-0.2, 0) is 11.3 Å². The smallest absolute Gasteiger partial charge is 0.231 e. The predicted octanol–water partition coefficient (Wildman–Crippen LogP) is 0.891. The number of ether oxygens (including phenoxy) is 3. The van der Waals surface area contributed by atoms with E-state index in [4.69, 9.17) is 19.9 Å². The Morgan fingerprint density at radius 2 is 2.14 bits per heavy atom. The summed E-state index contributed by atoms with van der Waals surface area (Å²) in [5, 5.41) is 0. The second kappa shape index (κ2) is 4.30. The van der Waals surface area contributed by atoms with Gasteiger partial charge in [0.2, 0.25) is 6.79 Å². The molecular formula is C10H13NO3. The Bertz CT molecular complexity index is 314. The van der Waals surface area contributed by atoms with E-state index in [1.165, 1.54) is 0 Å². The lowest BCUT2D eigenvalue weighted by molar-refractivity contribution is 0.128. The second-order valence-corrected chi connectivity index (χ2v) is 3.03. The molecule has 4 heteroatoms. The van der Waals surface area contributed by atoms with Crippen LogP contribution in [0.4, 0.5) is 0 Å². The third kappa shape index (κ3) is 1.97. The number of hydrogen-bond acceptors (Lipinski definition) is 4. The molecule has 0 amide bonds. The van der Waals surface area contributed by atoms with Crippen LogP contribution in [0, 0.1) is 0 Å². The zero-order chi connectivity index (χ0) is 9.80. The first kappa shape index (κ1) is 9.30. The predicted molar refractivity (Wildman–Crippen MR) is 51.3 cm³/mol. The van der Waals surface area contributed by atoms with Crippen LogP contribution >= 0.6 is 0 Å². The lowest BCUT2D eigenvalue weighted by Gasteiger charge is -2.03. The summed E-state index contributed by atoms with van der Waals surface area (Å²) in [7, 11) is 0. The Kier molecular flexibility index (Phi) is 2.86. The van der Waals surface area contributed by atoms with E-state index in [2.05, 4.69) is 0 Å². The molecule has 2 N–H and O–H groups in total. The quantitative estimate of drug-likeness (QED) is 0.725. The Hall–Kier alpha value is -1.26. The molecule has 0 unspecified atom stereocenters. The van der Waals surface area contributed by atoms with Gasteiger partial charge in [-0.15, -0.1) is 0 Å². The van der Waals surface area contributed by atoms with Crippen molar-refractivity contribution in [3.63, 3.8) is 0 Å². The zero-order valence-electron chi connectivity index (χ0n) is 7.86. The summed E-state index contributed by atoms with van der Waals surface area (Å²) in [6, 6.07) is 5.78. The van der Waals surface area contributed by atoms with Gasteiger partial charge in [-0.3, -0.25) is 0 Å². The minimum atomic E-state index is 0.308.